The molecule has 0 aromatic heterocycles. The highest BCUT2D eigenvalue weighted by Crippen LogP contribution is 2.01. The van der Waals surface area contributed by atoms with Crippen LogP contribution in [0.2, 0.25) is 0 Å². The zero-order valence-electron chi connectivity index (χ0n) is 7.62. The summed E-state index contributed by atoms with van der Waals surface area (Å²) in [6, 6.07) is 0. The molecular formula is C8H16N2O2. The van der Waals surface area contributed by atoms with E-state index < -0.39 is 0 Å². The third-order valence-electron chi connectivity index (χ3n) is 1.71. The third-order valence-corrected chi connectivity index (χ3v) is 1.71. The molecule has 0 amide bonds. The van der Waals surface area contributed by atoms with Gasteiger partial charge >= 0.3 is 0 Å². The summed E-state index contributed by atoms with van der Waals surface area (Å²) in [5.41, 5.74) is 0.847. The lowest BCUT2D eigenvalue weighted by Gasteiger charge is -2.00. The van der Waals surface area contributed by atoms with Crippen LogP contribution in [-0.2, 0) is 0 Å². The fourth-order valence-corrected chi connectivity index (χ4v) is 0.903. The number of oxime groups is 2. The summed E-state index contributed by atoms with van der Waals surface area (Å²) in [7, 11) is 0. The van der Waals surface area contributed by atoms with Crippen LogP contribution in [0.15, 0.2) is 10.3 Å². The average molecular weight is 172 g/mol. The highest BCUT2D eigenvalue weighted by atomic mass is 16.4. The van der Waals surface area contributed by atoms with Gasteiger partial charge in [0.2, 0.25) is 0 Å². The Hall–Kier alpha value is -1.06. The Balaban J connectivity index is 3.86. The second-order valence-electron chi connectivity index (χ2n) is 2.69. The molecule has 0 aromatic rings. The molecule has 0 spiro atoms. The minimum absolute atomic E-state index is 0.383. The topological polar surface area (TPSA) is 65.2 Å². The third kappa shape index (κ3) is 3.95. The summed E-state index contributed by atoms with van der Waals surface area (Å²) in [6.07, 6.45) is 3.84. The van der Waals surface area contributed by atoms with E-state index in [1.54, 1.807) is 6.92 Å². The van der Waals surface area contributed by atoms with E-state index in [0.717, 1.165) is 19.3 Å². The summed E-state index contributed by atoms with van der Waals surface area (Å²) in [5, 5.41) is 22.9. The van der Waals surface area contributed by atoms with E-state index >= 15 is 0 Å². The largest absolute Gasteiger partial charge is 0.411 e. The second-order valence-corrected chi connectivity index (χ2v) is 2.69. The average Bonchev–Trinajstić information content (AvgIpc) is 2.11. The molecular weight excluding hydrogens is 156 g/mol. The summed E-state index contributed by atoms with van der Waals surface area (Å²) < 4.78 is 0. The van der Waals surface area contributed by atoms with Crippen LogP contribution in [0.3, 0.4) is 0 Å². The predicted octanol–water partition coefficient (Wildman–Crippen LogP) is 2.25. The van der Waals surface area contributed by atoms with Crippen LogP contribution < -0.4 is 0 Å². The first kappa shape index (κ1) is 10.9. The van der Waals surface area contributed by atoms with Gasteiger partial charge < -0.3 is 10.4 Å². The summed E-state index contributed by atoms with van der Waals surface area (Å²) in [6.45, 7) is 3.71. The summed E-state index contributed by atoms with van der Waals surface area (Å²) in [4.78, 5) is 0. The van der Waals surface area contributed by atoms with Crippen molar-refractivity contribution in [1.82, 2.24) is 0 Å². The van der Waals surface area contributed by atoms with Crippen LogP contribution in [0.4, 0.5) is 0 Å². The molecule has 4 heteroatoms. The molecule has 0 radical (unpaired) electrons. The van der Waals surface area contributed by atoms with Crippen molar-refractivity contribution in [3.63, 3.8) is 0 Å². The maximum absolute atomic E-state index is 8.52. The molecule has 0 rings (SSSR count). The van der Waals surface area contributed by atoms with Crippen LogP contribution in [0.5, 0.6) is 0 Å². The van der Waals surface area contributed by atoms with E-state index in [9.17, 15) is 0 Å². The molecule has 0 unspecified atom stereocenters. The van der Waals surface area contributed by atoms with Crippen molar-refractivity contribution < 1.29 is 10.4 Å². The fraction of sp³-hybridized carbons (Fsp3) is 0.750. The quantitative estimate of drug-likeness (QED) is 0.289. The number of hydrogen-bond donors (Lipinski definition) is 2. The standard InChI is InChI=1S/C8H16N2O2/c1-3-4-5-6-8(10-12)7(2)9-11/h11-12H,3-6H2,1-2H3. The van der Waals surface area contributed by atoms with Gasteiger partial charge in [0.15, 0.2) is 0 Å². The fourth-order valence-electron chi connectivity index (χ4n) is 0.903. The highest BCUT2D eigenvalue weighted by Gasteiger charge is 2.03. The van der Waals surface area contributed by atoms with Crippen LogP contribution in [-0.4, -0.2) is 21.8 Å². The summed E-state index contributed by atoms with van der Waals surface area (Å²) >= 11 is 0. The number of nitrogens with zero attached hydrogens (tertiary/aromatic N) is 2. The lowest BCUT2D eigenvalue weighted by molar-refractivity contribution is 0.313. The van der Waals surface area contributed by atoms with Gasteiger partial charge in [-0.3, -0.25) is 0 Å². The van der Waals surface area contributed by atoms with Crippen molar-refractivity contribution in [3.05, 3.63) is 0 Å². The van der Waals surface area contributed by atoms with Gasteiger partial charge in [0.05, 0.1) is 0 Å². The number of hydrogen-bond acceptors (Lipinski definition) is 4. The van der Waals surface area contributed by atoms with E-state index in [4.69, 9.17) is 10.4 Å². The molecule has 0 aliphatic carbocycles. The Kier molecular flexibility index (Phi) is 6.05. The van der Waals surface area contributed by atoms with E-state index in [1.165, 1.54) is 0 Å². The van der Waals surface area contributed by atoms with Gasteiger partial charge in [-0.15, -0.1) is 0 Å². The van der Waals surface area contributed by atoms with E-state index in [0.29, 0.717) is 17.8 Å². The highest BCUT2D eigenvalue weighted by molar-refractivity contribution is 6.41. The monoisotopic (exact) mass is 172 g/mol. The molecule has 0 fully saturated rings. The minimum Gasteiger partial charge on any atom is -0.411 e. The summed E-state index contributed by atoms with van der Waals surface area (Å²) in [5.74, 6) is 0. The van der Waals surface area contributed by atoms with Crippen LogP contribution in [0.25, 0.3) is 0 Å². The molecule has 0 aliphatic rings. The SMILES string of the molecule is CCCCCC(=NO)C(C)=NO. The van der Waals surface area contributed by atoms with Gasteiger partial charge in [-0.05, 0) is 19.8 Å². The van der Waals surface area contributed by atoms with Crippen molar-refractivity contribution in [3.8, 4) is 0 Å². The minimum atomic E-state index is 0.383. The van der Waals surface area contributed by atoms with Gasteiger partial charge in [0, 0.05) is 0 Å². The van der Waals surface area contributed by atoms with E-state index in [2.05, 4.69) is 17.2 Å². The van der Waals surface area contributed by atoms with Crippen molar-refractivity contribution in [2.45, 2.75) is 39.5 Å². The lowest BCUT2D eigenvalue weighted by atomic mass is 10.1. The normalized spacial score (nSPS) is 13.5. The van der Waals surface area contributed by atoms with Crippen LogP contribution in [0.1, 0.15) is 39.5 Å². The molecule has 0 atom stereocenters. The smallest absolute Gasteiger partial charge is 0.104 e. The first-order chi connectivity index (χ1) is 5.76. The maximum atomic E-state index is 8.52. The lowest BCUT2D eigenvalue weighted by Crippen LogP contribution is -2.10. The molecule has 2 N–H and O–H groups in total. The van der Waals surface area contributed by atoms with Crippen molar-refractivity contribution in [2.75, 3.05) is 0 Å². The molecule has 0 aromatic carbocycles. The molecule has 4 nitrogen and oxygen atoms in total. The molecule has 0 aliphatic heterocycles. The van der Waals surface area contributed by atoms with Gasteiger partial charge in [-0.1, -0.05) is 30.1 Å². The van der Waals surface area contributed by atoms with Gasteiger partial charge in [0.1, 0.15) is 11.4 Å². The number of rotatable bonds is 5. The van der Waals surface area contributed by atoms with E-state index in [-0.39, 0.29) is 0 Å². The van der Waals surface area contributed by atoms with Crippen LogP contribution >= 0.6 is 0 Å². The predicted molar refractivity (Wildman–Crippen MR) is 48.3 cm³/mol. The second kappa shape index (κ2) is 6.64. The zero-order valence-corrected chi connectivity index (χ0v) is 7.62. The Morgan fingerprint density at radius 2 is 1.83 bits per heavy atom. The first-order valence-corrected chi connectivity index (χ1v) is 4.16. The molecule has 0 saturated carbocycles. The van der Waals surface area contributed by atoms with Crippen molar-refractivity contribution >= 4 is 11.4 Å². The number of unbranched alkanes of at least 4 members (excludes halogenated alkanes) is 2. The molecule has 12 heavy (non-hydrogen) atoms. The zero-order chi connectivity index (χ0) is 9.40. The Labute approximate surface area is 72.6 Å². The molecule has 0 heterocycles. The Bertz CT molecular complexity index is 176. The maximum Gasteiger partial charge on any atom is 0.104 e. The molecule has 70 valence electrons. The molecule has 0 saturated heterocycles. The Morgan fingerprint density at radius 1 is 1.17 bits per heavy atom. The van der Waals surface area contributed by atoms with Gasteiger partial charge in [-0.25, -0.2) is 0 Å². The van der Waals surface area contributed by atoms with Crippen molar-refractivity contribution in [1.29, 1.82) is 0 Å². The van der Waals surface area contributed by atoms with Crippen LogP contribution in [0, 0.1) is 0 Å². The van der Waals surface area contributed by atoms with Gasteiger partial charge in [-0.2, -0.15) is 0 Å². The van der Waals surface area contributed by atoms with Gasteiger partial charge in [0.25, 0.3) is 0 Å². The Morgan fingerprint density at radius 3 is 2.25 bits per heavy atom. The van der Waals surface area contributed by atoms with E-state index in [1.807, 2.05) is 0 Å². The van der Waals surface area contributed by atoms with Crippen molar-refractivity contribution in [2.24, 2.45) is 10.3 Å². The first-order valence-electron chi connectivity index (χ1n) is 4.16. The molecule has 0 bridgehead atoms.